The number of carbonyl (C=O) groups excluding carboxylic acids is 1. The number of hydrogen-bond acceptors (Lipinski definition) is 8. The Morgan fingerprint density at radius 2 is 1.89 bits per heavy atom. The largest absolute Gasteiger partial charge is 0.494 e. The molecule has 0 saturated carbocycles. The van der Waals surface area contributed by atoms with Crippen LogP contribution in [0.4, 0.5) is 23.0 Å². The number of piperazine rings is 1. The molecule has 6 rings (SSSR count). The van der Waals surface area contributed by atoms with Gasteiger partial charge in [-0.15, -0.1) is 0 Å². The molecule has 11 heteroatoms. The van der Waals surface area contributed by atoms with E-state index in [0.717, 1.165) is 54.0 Å². The van der Waals surface area contributed by atoms with Gasteiger partial charge in [0.1, 0.15) is 17.4 Å². The molecule has 5 aromatic rings. The van der Waals surface area contributed by atoms with Gasteiger partial charge in [-0.3, -0.25) is 4.79 Å². The Morgan fingerprint density at radius 1 is 1.07 bits per heavy atom. The third-order valence-corrected chi connectivity index (χ3v) is 7.77. The van der Waals surface area contributed by atoms with E-state index in [0.29, 0.717) is 28.8 Å². The summed E-state index contributed by atoms with van der Waals surface area (Å²) >= 11 is 0. The number of ether oxygens (including phenoxy) is 1. The van der Waals surface area contributed by atoms with E-state index < -0.39 is 5.91 Å². The number of aromatic nitrogens is 4. The number of hydrogen-bond donors (Lipinski definition) is 3. The SMILES string of the molecule is COc1cc(N2CCN(C)CC2)c(NC(=O)C(C#N)=Cc2ccc[nH]2)cc1Nc1nccc(-c2cn(C)c3ccccc23)n1. The summed E-state index contributed by atoms with van der Waals surface area (Å²) in [5.41, 5.74) is 5.44. The maximum Gasteiger partial charge on any atom is 0.266 e. The van der Waals surface area contributed by atoms with Crippen molar-refractivity contribution in [3.05, 3.63) is 84.5 Å². The first-order chi connectivity index (χ1) is 21.4. The topological polar surface area (TPSA) is 127 Å². The van der Waals surface area contributed by atoms with Gasteiger partial charge in [0.15, 0.2) is 0 Å². The Bertz CT molecular complexity index is 1880. The summed E-state index contributed by atoms with van der Waals surface area (Å²) in [6.07, 6.45) is 7.04. The van der Waals surface area contributed by atoms with Crippen molar-refractivity contribution in [2.45, 2.75) is 0 Å². The van der Waals surface area contributed by atoms with Crippen molar-refractivity contribution in [2.24, 2.45) is 7.05 Å². The van der Waals surface area contributed by atoms with Gasteiger partial charge in [-0.05, 0) is 43.5 Å². The second-order valence-electron chi connectivity index (χ2n) is 10.7. The zero-order chi connectivity index (χ0) is 30.6. The summed E-state index contributed by atoms with van der Waals surface area (Å²) < 4.78 is 7.88. The number of carbonyl (C=O) groups is 1. The number of nitrogens with zero attached hydrogens (tertiary/aromatic N) is 6. The van der Waals surface area contributed by atoms with Crippen LogP contribution in [0.25, 0.3) is 28.2 Å². The number of methoxy groups -OCH3 is 1. The van der Waals surface area contributed by atoms with Gasteiger partial charge >= 0.3 is 0 Å². The fourth-order valence-corrected chi connectivity index (χ4v) is 5.41. The number of benzene rings is 2. The van der Waals surface area contributed by atoms with E-state index in [1.165, 1.54) is 6.08 Å². The van der Waals surface area contributed by atoms with E-state index in [2.05, 4.69) is 60.3 Å². The molecule has 1 fully saturated rings. The van der Waals surface area contributed by atoms with E-state index in [-0.39, 0.29) is 5.57 Å². The number of aromatic amines is 1. The maximum atomic E-state index is 13.4. The van der Waals surface area contributed by atoms with Gasteiger partial charge in [0.25, 0.3) is 5.91 Å². The Labute approximate surface area is 255 Å². The van der Waals surface area contributed by atoms with E-state index in [1.807, 2.05) is 49.5 Å². The number of amides is 1. The average molecular weight is 588 g/mol. The number of likely N-dealkylation sites (N-methyl/N-ethyl adjacent to an activating group) is 1. The monoisotopic (exact) mass is 587 g/mol. The molecular formula is C33H33N9O2. The van der Waals surface area contributed by atoms with E-state index in [9.17, 15) is 10.1 Å². The van der Waals surface area contributed by atoms with Gasteiger partial charge in [-0.25, -0.2) is 9.97 Å². The number of H-pyrrole nitrogens is 1. The molecule has 3 aromatic heterocycles. The van der Waals surface area contributed by atoms with Gasteiger partial charge < -0.3 is 34.7 Å². The van der Waals surface area contributed by atoms with Crippen LogP contribution < -0.4 is 20.3 Å². The highest BCUT2D eigenvalue weighted by atomic mass is 16.5. The molecule has 0 bridgehead atoms. The standard InChI is InChI=1S/C33H33N9O2/c1-40-13-15-42(16-14-40)30-19-31(44-3)28(18-27(30)37-32(43)22(20-34)17-23-7-6-11-35-23)39-33-36-12-10-26(38-33)25-21-41(2)29-9-5-4-8-24(25)29/h4-12,17-19,21,35H,13-16H2,1-3H3,(H,37,43)(H,36,38,39). The summed E-state index contributed by atoms with van der Waals surface area (Å²) in [5, 5.41) is 17.2. The lowest BCUT2D eigenvalue weighted by molar-refractivity contribution is -0.112. The van der Waals surface area contributed by atoms with E-state index in [1.54, 1.807) is 25.6 Å². The molecule has 3 N–H and O–H groups in total. The van der Waals surface area contributed by atoms with Gasteiger partial charge in [0.05, 0.1) is 29.9 Å². The highest BCUT2D eigenvalue weighted by Gasteiger charge is 2.22. The van der Waals surface area contributed by atoms with Crippen LogP contribution in [0.2, 0.25) is 0 Å². The number of aryl methyl sites for hydroxylation is 1. The molecule has 2 aromatic carbocycles. The normalized spacial score (nSPS) is 14.0. The number of fused-ring (bicyclic) bond motifs is 1. The predicted octanol–water partition coefficient (Wildman–Crippen LogP) is 5.01. The minimum Gasteiger partial charge on any atom is -0.494 e. The van der Waals surface area contributed by atoms with Crippen LogP contribution in [-0.2, 0) is 11.8 Å². The van der Waals surface area contributed by atoms with Crippen molar-refractivity contribution in [3.8, 4) is 23.1 Å². The molecule has 1 amide bonds. The van der Waals surface area contributed by atoms with E-state index in [4.69, 9.17) is 9.72 Å². The number of anilines is 4. The molecule has 44 heavy (non-hydrogen) atoms. The predicted molar refractivity (Wildman–Crippen MR) is 173 cm³/mol. The zero-order valence-corrected chi connectivity index (χ0v) is 24.8. The Morgan fingerprint density at radius 3 is 2.64 bits per heavy atom. The van der Waals surface area contributed by atoms with Crippen LogP contribution in [0.15, 0.2) is 78.8 Å². The smallest absolute Gasteiger partial charge is 0.266 e. The van der Waals surface area contributed by atoms with Crippen LogP contribution >= 0.6 is 0 Å². The second kappa shape index (κ2) is 12.3. The first kappa shape index (κ1) is 28.5. The second-order valence-corrected chi connectivity index (χ2v) is 10.7. The molecule has 1 aliphatic heterocycles. The molecule has 1 saturated heterocycles. The van der Waals surface area contributed by atoms with Crippen molar-refractivity contribution < 1.29 is 9.53 Å². The molecule has 0 atom stereocenters. The summed E-state index contributed by atoms with van der Waals surface area (Å²) in [6, 6.07) is 19.4. The van der Waals surface area contributed by atoms with Crippen LogP contribution in [0, 0.1) is 11.3 Å². The Kier molecular flexibility index (Phi) is 7.99. The molecule has 1 aliphatic rings. The molecule has 11 nitrogen and oxygen atoms in total. The molecule has 222 valence electrons. The quantitative estimate of drug-likeness (QED) is 0.171. The minimum atomic E-state index is -0.511. The van der Waals surface area contributed by atoms with Crippen LogP contribution in [0.5, 0.6) is 5.75 Å². The molecule has 4 heterocycles. The number of rotatable bonds is 8. The number of nitriles is 1. The first-order valence-electron chi connectivity index (χ1n) is 14.3. The molecule has 0 radical (unpaired) electrons. The van der Waals surface area contributed by atoms with Crippen LogP contribution in [0.1, 0.15) is 5.69 Å². The van der Waals surface area contributed by atoms with E-state index >= 15 is 0 Å². The summed E-state index contributed by atoms with van der Waals surface area (Å²) in [7, 11) is 5.71. The van der Waals surface area contributed by atoms with Crippen molar-refractivity contribution in [1.29, 1.82) is 5.26 Å². The highest BCUT2D eigenvalue weighted by molar-refractivity contribution is 6.11. The average Bonchev–Trinajstić information content (AvgIpc) is 3.68. The number of nitrogens with one attached hydrogen (secondary N) is 3. The lowest BCUT2D eigenvalue weighted by Crippen LogP contribution is -2.44. The van der Waals surface area contributed by atoms with Crippen molar-refractivity contribution >= 4 is 45.9 Å². The summed E-state index contributed by atoms with van der Waals surface area (Å²) in [5.74, 6) is 0.434. The highest BCUT2D eigenvalue weighted by Crippen LogP contribution is 2.39. The third kappa shape index (κ3) is 5.84. The first-order valence-corrected chi connectivity index (χ1v) is 14.3. The van der Waals surface area contributed by atoms with Gasteiger partial charge in [0, 0.05) is 80.0 Å². The Balaban J connectivity index is 1.36. The fraction of sp³-hybridized carbons (Fsp3) is 0.212. The molecular weight excluding hydrogens is 554 g/mol. The van der Waals surface area contributed by atoms with Crippen LogP contribution in [0.3, 0.4) is 0 Å². The fourth-order valence-electron chi connectivity index (χ4n) is 5.41. The minimum absolute atomic E-state index is 0.0202. The van der Waals surface area contributed by atoms with Crippen molar-refractivity contribution in [1.82, 2.24) is 24.4 Å². The van der Waals surface area contributed by atoms with Crippen LogP contribution in [-0.4, -0.2) is 70.7 Å². The lowest BCUT2D eigenvalue weighted by Gasteiger charge is -2.35. The van der Waals surface area contributed by atoms with Crippen molar-refractivity contribution in [2.75, 3.05) is 55.9 Å². The van der Waals surface area contributed by atoms with Crippen molar-refractivity contribution in [3.63, 3.8) is 0 Å². The van der Waals surface area contributed by atoms with Gasteiger partial charge in [0.2, 0.25) is 5.95 Å². The zero-order valence-electron chi connectivity index (χ0n) is 24.8. The van der Waals surface area contributed by atoms with Gasteiger partial charge in [-0.1, -0.05) is 18.2 Å². The van der Waals surface area contributed by atoms with Gasteiger partial charge in [-0.2, -0.15) is 5.26 Å². The Hall–Kier alpha value is -5.60. The molecule has 0 unspecified atom stereocenters. The number of para-hydroxylation sites is 1. The third-order valence-electron chi connectivity index (χ3n) is 7.77. The summed E-state index contributed by atoms with van der Waals surface area (Å²) in [4.78, 5) is 30.1. The lowest BCUT2D eigenvalue weighted by atomic mass is 10.1. The maximum absolute atomic E-state index is 13.4. The molecule has 0 spiro atoms. The molecule has 0 aliphatic carbocycles. The summed E-state index contributed by atoms with van der Waals surface area (Å²) in [6.45, 7) is 3.30.